The fraction of sp³-hybridized carbons (Fsp3) is 0.233. The summed E-state index contributed by atoms with van der Waals surface area (Å²) in [7, 11) is 1.83. The molecule has 0 unspecified atom stereocenters. The number of carbonyl (C=O) groups excluding carboxylic acids is 1. The zero-order valence-corrected chi connectivity index (χ0v) is 20.7. The Bertz CT molecular complexity index is 1650. The third-order valence-corrected chi connectivity index (χ3v) is 8.26. The molecule has 2 fully saturated rings. The van der Waals surface area contributed by atoms with E-state index < -0.39 is 0 Å². The van der Waals surface area contributed by atoms with Gasteiger partial charge in [0.2, 0.25) is 0 Å². The molecular formula is C30H26FN5O. The van der Waals surface area contributed by atoms with E-state index in [9.17, 15) is 9.18 Å². The van der Waals surface area contributed by atoms with Crippen LogP contribution in [0.15, 0.2) is 85.3 Å². The minimum absolute atomic E-state index is 0.0364. The summed E-state index contributed by atoms with van der Waals surface area (Å²) in [6.45, 7) is 3.54. The van der Waals surface area contributed by atoms with Crippen molar-refractivity contribution in [3.8, 4) is 5.69 Å². The Morgan fingerprint density at radius 2 is 1.81 bits per heavy atom. The lowest BCUT2D eigenvalue weighted by molar-refractivity contribution is 0.0769. The molecule has 2 aromatic heterocycles. The van der Waals surface area contributed by atoms with Crippen molar-refractivity contribution in [3.63, 3.8) is 0 Å². The predicted molar refractivity (Wildman–Crippen MR) is 139 cm³/mol. The molecular weight excluding hydrogens is 465 g/mol. The van der Waals surface area contributed by atoms with Gasteiger partial charge in [-0.2, -0.15) is 10.2 Å². The molecule has 3 heterocycles. The summed E-state index contributed by atoms with van der Waals surface area (Å²) in [5.74, 6) is 0.472. The van der Waals surface area contributed by atoms with Gasteiger partial charge in [-0.15, -0.1) is 0 Å². The molecule has 0 spiro atoms. The summed E-state index contributed by atoms with van der Waals surface area (Å²) >= 11 is 0. The number of nitrogens with zero attached hydrogens (tertiary/aromatic N) is 5. The highest BCUT2D eigenvalue weighted by molar-refractivity contribution is 5.94. The van der Waals surface area contributed by atoms with Gasteiger partial charge in [-0.3, -0.25) is 9.48 Å². The Labute approximate surface area is 213 Å². The van der Waals surface area contributed by atoms with Crippen molar-refractivity contribution >= 4 is 16.8 Å². The van der Waals surface area contributed by atoms with E-state index in [1.807, 2.05) is 28.9 Å². The van der Waals surface area contributed by atoms with Crippen LogP contribution >= 0.6 is 0 Å². The van der Waals surface area contributed by atoms with Gasteiger partial charge in [0.1, 0.15) is 5.82 Å². The van der Waals surface area contributed by atoms with E-state index in [0.29, 0.717) is 23.9 Å². The van der Waals surface area contributed by atoms with E-state index in [-0.39, 0.29) is 17.1 Å². The molecule has 3 aromatic carbocycles. The van der Waals surface area contributed by atoms with Crippen LogP contribution in [-0.4, -0.2) is 43.5 Å². The monoisotopic (exact) mass is 491 g/mol. The predicted octanol–water partition coefficient (Wildman–Crippen LogP) is 5.01. The molecule has 7 heteroatoms. The van der Waals surface area contributed by atoms with Crippen molar-refractivity contribution in [2.24, 2.45) is 13.0 Å². The van der Waals surface area contributed by atoms with Gasteiger partial charge in [0.25, 0.3) is 5.91 Å². The average molecular weight is 492 g/mol. The number of fused-ring (bicyclic) bond motifs is 2. The Kier molecular flexibility index (Phi) is 4.67. The highest BCUT2D eigenvalue weighted by atomic mass is 19.1. The molecule has 6 nitrogen and oxygen atoms in total. The third kappa shape index (κ3) is 3.26. The number of rotatable bonds is 4. The summed E-state index contributed by atoms with van der Waals surface area (Å²) in [5, 5.41) is 9.86. The number of likely N-dealkylation sites (tertiary alicyclic amines) is 1. The number of piperidine rings is 1. The maximum atomic E-state index is 13.5. The minimum Gasteiger partial charge on any atom is -0.337 e. The van der Waals surface area contributed by atoms with Crippen molar-refractivity contribution in [3.05, 3.63) is 113 Å². The van der Waals surface area contributed by atoms with Crippen LogP contribution in [-0.2, 0) is 12.5 Å². The molecule has 0 N–H and O–H groups in total. The molecule has 0 radical (unpaired) electrons. The average Bonchev–Trinajstić information content (AvgIpc) is 3.32. The number of amides is 1. The number of aromatic nitrogens is 4. The molecule has 2 aliphatic rings. The van der Waals surface area contributed by atoms with E-state index in [2.05, 4.69) is 53.5 Å². The normalized spacial score (nSPS) is 22.4. The van der Waals surface area contributed by atoms with Crippen LogP contribution in [0.3, 0.4) is 0 Å². The van der Waals surface area contributed by atoms with Gasteiger partial charge < -0.3 is 4.90 Å². The Morgan fingerprint density at radius 1 is 1.03 bits per heavy atom. The van der Waals surface area contributed by atoms with E-state index in [1.165, 1.54) is 28.8 Å². The first-order valence-corrected chi connectivity index (χ1v) is 12.5. The smallest absolute Gasteiger partial charge is 0.257 e. The summed E-state index contributed by atoms with van der Waals surface area (Å²) in [6, 6.07) is 21.5. The molecule has 0 bridgehead atoms. The van der Waals surface area contributed by atoms with Crippen LogP contribution in [0.25, 0.3) is 16.6 Å². The maximum Gasteiger partial charge on any atom is 0.257 e. The molecule has 1 aliphatic carbocycles. The van der Waals surface area contributed by atoms with Gasteiger partial charge in [-0.25, -0.2) is 9.07 Å². The highest BCUT2D eigenvalue weighted by Gasteiger charge is 2.70. The molecule has 5 aromatic rings. The zero-order valence-electron chi connectivity index (χ0n) is 20.7. The molecule has 1 saturated carbocycles. The lowest BCUT2D eigenvalue weighted by atomic mass is 9.86. The second-order valence-electron chi connectivity index (χ2n) is 10.4. The van der Waals surface area contributed by atoms with Crippen LogP contribution in [0.4, 0.5) is 4.39 Å². The van der Waals surface area contributed by atoms with E-state index in [4.69, 9.17) is 0 Å². The molecule has 1 amide bonds. The van der Waals surface area contributed by atoms with Crippen molar-refractivity contribution in [2.45, 2.75) is 18.3 Å². The number of benzene rings is 3. The van der Waals surface area contributed by atoms with Crippen LogP contribution in [0, 0.1) is 18.7 Å². The summed E-state index contributed by atoms with van der Waals surface area (Å²) in [4.78, 5) is 15.3. The van der Waals surface area contributed by atoms with Gasteiger partial charge in [0, 0.05) is 43.1 Å². The van der Waals surface area contributed by atoms with Crippen LogP contribution in [0.1, 0.15) is 33.0 Å². The summed E-state index contributed by atoms with van der Waals surface area (Å²) in [6.07, 6.45) is 5.31. The molecule has 3 atom stereocenters. The fourth-order valence-electron chi connectivity index (χ4n) is 6.60. The second kappa shape index (κ2) is 7.87. The van der Waals surface area contributed by atoms with Crippen molar-refractivity contribution in [1.82, 2.24) is 24.5 Å². The van der Waals surface area contributed by atoms with Crippen LogP contribution < -0.4 is 0 Å². The molecule has 1 aliphatic heterocycles. The number of carbonyl (C=O) groups is 1. The Morgan fingerprint density at radius 3 is 2.54 bits per heavy atom. The van der Waals surface area contributed by atoms with E-state index in [1.54, 1.807) is 29.2 Å². The van der Waals surface area contributed by atoms with Crippen molar-refractivity contribution in [2.75, 3.05) is 13.1 Å². The SMILES string of the molecule is Cc1cc2c(cnn2-c2ccc(F)cc2)cc1[C@@]12CN(C(=O)c3cnn(C)c3)C[C@@H]1[C@H]2c1ccccc1. The number of aryl methyl sites for hydroxylation is 2. The first-order valence-electron chi connectivity index (χ1n) is 12.5. The molecule has 7 rings (SSSR count). The number of halogens is 1. The molecule has 37 heavy (non-hydrogen) atoms. The maximum absolute atomic E-state index is 13.5. The zero-order chi connectivity index (χ0) is 25.3. The number of hydrogen-bond donors (Lipinski definition) is 0. The minimum atomic E-state index is -0.267. The number of hydrogen-bond acceptors (Lipinski definition) is 3. The van der Waals surface area contributed by atoms with Crippen molar-refractivity contribution in [1.29, 1.82) is 0 Å². The standard InChI is InChI=1S/C30H26FN5O/c1-19-12-27-21(14-33-36(27)24-10-8-23(31)9-11-24)13-25(19)30-18-35(29(37)22-15-32-34(2)16-22)17-26(30)28(30)20-6-4-3-5-7-20/h3-16,26,28H,17-18H2,1-2H3/t26-,28-,30+/m1/s1. The lowest BCUT2D eigenvalue weighted by Gasteiger charge is -2.25. The van der Waals surface area contributed by atoms with Crippen LogP contribution in [0.2, 0.25) is 0 Å². The largest absolute Gasteiger partial charge is 0.337 e. The first-order chi connectivity index (χ1) is 18.0. The Hall–Kier alpha value is -4.26. The van der Waals surface area contributed by atoms with Gasteiger partial charge in [0.15, 0.2) is 0 Å². The van der Waals surface area contributed by atoms with Gasteiger partial charge in [-0.05, 0) is 65.9 Å². The van der Waals surface area contributed by atoms with Gasteiger partial charge in [0.05, 0.1) is 29.2 Å². The second-order valence-corrected chi connectivity index (χ2v) is 10.4. The summed E-state index contributed by atoms with van der Waals surface area (Å²) < 4.78 is 17.0. The fourth-order valence-corrected chi connectivity index (χ4v) is 6.60. The van der Waals surface area contributed by atoms with E-state index in [0.717, 1.165) is 23.1 Å². The van der Waals surface area contributed by atoms with Crippen molar-refractivity contribution < 1.29 is 9.18 Å². The molecule has 184 valence electrons. The quantitative estimate of drug-likeness (QED) is 0.355. The van der Waals surface area contributed by atoms with Crippen LogP contribution in [0.5, 0.6) is 0 Å². The first kappa shape index (κ1) is 22.0. The highest BCUT2D eigenvalue weighted by Crippen LogP contribution is 2.69. The third-order valence-electron chi connectivity index (χ3n) is 8.26. The lowest BCUT2D eigenvalue weighted by Crippen LogP contribution is -2.34. The summed E-state index contributed by atoms with van der Waals surface area (Å²) in [5.41, 5.74) is 6.07. The van der Waals surface area contributed by atoms with Gasteiger partial charge in [-0.1, -0.05) is 30.3 Å². The topological polar surface area (TPSA) is 56.0 Å². The molecule has 1 saturated heterocycles. The van der Waals surface area contributed by atoms with Gasteiger partial charge >= 0.3 is 0 Å². The Balaban J connectivity index is 1.31. The van der Waals surface area contributed by atoms with E-state index >= 15 is 0 Å².